The van der Waals surface area contributed by atoms with Crippen molar-refractivity contribution >= 4 is 11.3 Å². The fourth-order valence-corrected chi connectivity index (χ4v) is 3.93. The molecular formula is C16H17FOS. The van der Waals surface area contributed by atoms with E-state index < -0.39 is 6.10 Å². The lowest BCUT2D eigenvalue weighted by Crippen LogP contribution is -2.02. The summed E-state index contributed by atoms with van der Waals surface area (Å²) in [5, 5.41) is 10.3. The average molecular weight is 276 g/mol. The Morgan fingerprint density at radius 2 is 2.16 bits per heavy atom. The molecular weight excluding hydrogens is 259 g/mol. The number of aliphatic hydroxyl groups excluding tert-OH is 1. The molecule has 100 valence electrons. The maximum atomic E-state index is 13.3. The Morgan fingerprint density at radius 1 is 1.32 bits per heavy atom. The summed E-state index contributed by atoms with van der Waals surface area (Å²) in [5.74, 6) is -0.235. The van der Waals surface area contributed by atoms with Gasteiger partial charge in [0.2, 0.25) is 0 Å². The first kappa shape index (κ1) is 12.8. The van der Waals surface area contributed by atoms with Crippen LogP contribution in [-0.4, -0.2) is 5.11 Å². The summed E-state index contributed by atoms with van der Waals surface area (Å²) < 4.78 is 13.3. The first-order valence-electron chi connectivity index (χ1n) is 6.68. The van der Waals surface area contributed by atoms with Gasteiger partial charge in [-0.15, -0.1) is 11.3 Å². The molecule has 0 aliphatic heterocycles. The maximum Gasteiger partial charge on any atom is 0.123 e. The average Bonchev–Trinajstić information content (AvgIpc) is 2.94. The van der Waals surface area contributed by atoms with Crippen molar-refractivity contribution in [3.63, 3.8) is 0 Å². The molecule has 3 rings (SSSR count). The smallest absolute Gasteiger partial charge is 0.123 e. The summed E-state index contributed by atoms with van der Waals surface area (Å²) in [4.78, 5) is 2.44. The highest BCUT2D eigenvalue weighted by atomic mass is 32.1. The number of hydrogen-bond donors (Lipinski definition) is 1. The molecule has 1 aromatic carbocycles. The van der Waals surface area contributed by atoms with Gasteiger partial charge in [0.25, 0.3) is 0 Å². The van der Waals surface area contributed by atoms with E-state index in [1.807, 2.05) is 6.92 Å². The minimum atomic E-state index is -0.518. The molecule has 0 bridgehead atoms. The van der Waals surface area contributed by atoms with Gasteiger partial charge in [-0.1, -0.05) is 6.07 Å². The maximum absolute atomic E-state index is 13.3. The highest BCUT2D eigenvalue weighted by Crippen LogP contribution is 2.35. The third-order valence-electron chi connectivity index (χ3n) is 3.82. The van der Waals surface area contributed by atoms with Crippen molar-refractivity contribution in [1.29, 1.82) is 0 Å². The molecule has 2 aromatic rings. The Kier molecular flexibility index (Phi) is 3.42. The molecule has 19 heavy (non-hydrogen) atoms. The molecule has 3 heteroatoms. The first-order chi connectivity index (χ1) is 9.13. The Morgan fingerprint density at radius 3 is 2.95 bits per heavy atom. The van der Waals surface area contributed by atoms with Crippen molar-refractivity contribution in [2.75, 3.05) is 0 Å². The van der Waals surface area contributed by atoms with Gasteiger partial charge < -0.3 is 5.11 Å². The quantitative estimate of drug-likeness (QED) is 0.899. The molecule has 0 radical (unpaired) electrons. The van der Waals surface area contributed by atoms with Crippen LogP contribution in [0.5, 0.6) is 0 Å². The molecule has 1 N–H and O–H groups in total. The Hall–Kier alpha value is -1.19. The van der Waals surface area contributed by atoms with E-state index >= 15 is 0 Å². The third-order valence-corrected chi connectivity index (χ3v) is 5.16. The first-order valence-corrected chi connectivity index (χ1v) is 7.49. The van der Waals surface area contributed by atoms with Crippen LogP contribution < -0.4 is 0 Å². The lowest BCUT2D eigenvalue weighted by atomic mass is 10.0. The molecule has 1 unspecified atom stereocenters. The number of aryl methyl sites for hydroxylation is 3. The summed E-state index contributed by atoms with van der Waals surface area (Å²) in [7, 11) is 0. The van der Waals surface area contributed by atoms with Gasteiger partial charge in [-0.05, 0) is 61.1 Å². The van der Waals surface area contributed by atoms with Crippen LogP contribution in [0.3, 0.4) is 0 Å². The number of benzene rings is 1. The molecule has 1 nitrogen and oxygen atoms in total. The summed E-state index contributed by atoms with van der Waals surface area (Å²) in [6, 6.07) is 6.89. The van der Waals surface area contributed by atoms with Crippen LogP contribution in [0.15, 0.2) is 24.3 Å². The summed E-state index contributed by atoms with van der Waals surface area (Å²) in [6.07, 6.45) is 3.49. The summed E-state index contributed by atoms with van der Waals surface area (Å²) in [5.41, 5.74) is 3.32. The fourth-order valence-electron chi connectivity index (χ4n) is 2.69. The lowest BCUT2D eigenvalue weighted by Gasteiger charge is -2.11. The predicted molar refractivity (Wildman–Crippen MR) is 76.1 cm³/mol. The number of halogens is 1. The van der Waals surface area contributed by atoms with Crippen molar-refractivity contribution in [1.82, 2.24) is 0 Å². The largest absolute Gasteiger partial charge is 0.387 e. The van der Waals surface area contributed by atoms with Crippen LogP contribution in [-0.2, 0) is 19.3 Å². The Labute approximate surface area is 116 Å². The third kappa shape index (κ3) is 2.58. The molecule has 0 saturated carbocycles. The molecule has 0 saturated heterocycles. The van der Waals surface area contributed by atoms with E-state index in [9.17, 15) is 9.50 Å². The monoisotopic (exact) mass is 276 g/mol. The zero-order valence-corrected chi connectivity index (χ0v) is 11.8. The molecule has 1 atom stereocenters. The fraction of sp³-hybridized carbons (Fsp3) is 0.375. The second-order valence-electron chi connectivity index (χ2n) is 5.24. The van der Waals surface area contributed by atoms with Gasteiger partial charge >= 0.3 is 0 Å². The Balaban J connectivity index is 1.80. The number of thiophene rings is 1. The number of rotatable bonds is 3. The van der Waals surface area contributed by atoms with Gasteiger partial charge in [-0.25, -0.2) is 4.39 Å². The normalized spacial score (nSPS) is 15.5. The molecule has 0 spiro atoms. The van der Waals surface area contributed by atoms with E-state index in [0.717, 1.165) is 28.8 Å². The van der Waals surface area contributed by atoms with Crippen LogP contribution in [0.25, 0.3) is 0 Å². The van der Waals surface area contributed by atoms with Gasteiger partial charge in [0.05, 0.1) is 6.10 Å². The summed E-state index contributed by atoms with van der Waals surface area (Å²) >= 11 is 1.72. The molecule has 1 heterocycles. The van der Waals surface area contributed by atoms with Gasteiger partial charge in [0.15, 0.2) is 0 Å². The molecule has 1 aromatic heterocycles. The van der Waals surface area contributed by atoms with Crippen molar-refractivity contribution in [2.24, 2.45) is 0 Å². The van der Waals surface area contributed by atoms with Crippen LogP contribution in [0, 0.1) is 12.7 Å². The van der Waals surface area contributed by atoms with E-state index in [2.05, 4.69) is 6.07 Å². The standard InChI is InChI=1S/C16H17FOS/c1-10-5-6-13(17)7-12(10)8-14(18)16-9-11-3-2-4-15(11)19-16/h5-7,9,14,18H,2-4,8H2,1H3. The molecule has 0 fully saturated rings. The van der Waals surface area contributed by atoms with Crippen molar-refractivity contribution < 1.29 is 9.50 Å². The Bertz CT molecular complexity index is 581. The molecule has 1 aliphatic carbocycles. The number of hydrogen-bond acceptors (Lipinski definition) is 2. The minimum Gasteiger partial charge on any atom is -0.387 e. The zero-order chi connectivity index (χ0) is 13.4. The van der Waals surface area contributed by atoms with Gasteiger partial charge in [-0.2, -0.15) is 0 Å². The predicted octanol–water partition coefficient (Wildman–Crippen LogP) is 3.96. The SMILES string of the molecule is Cc1ccc(F)cc1CC(O)c1cc2c(s1)CCC2. The highest BCUT2D eigenvalue weighted by Gasteiger charge is 2.19. The highest BCUT2D eigenvalue weighted by molar-refractivity contribution is 7.12. The lowest BCUT2D eigenvalue weighted by molar-refractivity contribution is 0.182. The molecule has 1 aliphatic rings. The van der Waals surface area contributed by atoms with Gasteiger partial charge in [0.1, 0.15) is 5.82 Å². The van der Waals surface area contributed by atoms with Crippen LogP contribution in [0.2, 0.25) is 0 Å². The zero-order valence-electron chi connectivity index (χ0n) is 10.9. The second-order valence-corrected chi connectivity index (χ2v) is 6.41. The van der Waals surface area contributed by atoms with E-state index in [1.165, 1.54) is 29.0 Å². The minimum absolute atomic E-state index is 0.235. The van der Waals surface area contributed by atoms with Crippen LogP contribution >= 0.6 is 11.3 Å². The van der Waals surface area contributed by atoms with Crippen molar-refractivity contribution in [3.8, 4) is 0 Å². The number of aliphatic hydroxyl groups is 1. The summed E-state index contributed by atoms with van der Waals surface area (Å²) in [6.45, 7) is 1.95. The van der Waals surface area contributed by atoms with E-state index in [1.54, 1.807) is 17.4 Å². The topological polar surface area (TPSA) is 20.2 Å². The van der Waals surface area contributed by atoms with E-state index in [-0.39, 0.29) is 5.82 Å². The van der Waals surface area contributed by atoms with Crippen LogP contribution in [0.1, 0.15) is 39.0 Å². The van der Waals surface area contributed by atoms with E-state index in [0.29, 0.717) is 6.42 Å². The molecule has 0 amide bonds. The van der Waals surface area contributed by atoms with Crippen molar-refractivity contribution in [3.05, 3.63) is 56.5 Å². The van der Waals surface area contributed by atoms with Gasteiger partial charge in [-0.3, -0.25) is 0 Å². The second kappa shape index (κ2) is 5.06. The number of fused-ring (bicyclic) bond motifs is 1. The van der Waals surface area contributed by atoms with Crippen molar-refractivity contribution in [2.45, 2.75) is 38.7 Å². The van der Waals surface area contributed by atoms with Gasteiger partial charge in [0, 0.05) is 16.2 Å². The van der Waals surface area contributed by atoms with Crippen LogP contribution in [0.4, 0.5) is 4.39 Å². The van der Waals surface area contributed by atoms with E-state index in [4.69, 9.17) is 0 Å².